The first kappa shape index (κ1) is 35.2. The van der Waals surface area contributed by atoms with Crippen LogP contribution in [0.2, 0.25) is 0 Å². The predicted molar refractivity (Wildman–Crippen MR) is 180 cm³/mol. The second-order valence-corrected chi connectivity index (χ2v) is 12.2. The molecule has 0 unspecified atom stereocenters. The molecule has 1 aliphatic carbocycles. The zero-order valence-electron chi connectivity index (χ0n) is 27.3. The minimum atomic E-state index is -5.13. The van der Waals surface area contributed by atoms with Gasteiger partial charge in [0.1, 0.15) is 31.1 Å². The maximum atomic E-state index is 13.7. The van der Waals surface area contributed by atoms with Crippen molar-refractivity contribution >= 4 is 23.5 Å². The third-order valence-corrected chi connectivity index (χ3v) is 8.61. The van der Waals surface area contributed by atoms with E-state index < -0.39 is 30.5 Å². The second-order valence-electron chi connectivity index (χ2n) is 12.2. The molecule has 0 atom stereocenters. The van der Waals surface area contributed by atoms with Crippen molar-refractivity contribution in [2.24, 2.45) is 0 Å². The number of benzene rings is 4. The van der Waals surface area contributed by atoms with Gasteiger partial charge in [0.25, 0.3) is 0 Å². The summed E-state index contributed by atoms with van der Waals surface area (Å²) in [6, 6.07) is 30.9. The molecule has 256 valence electrons. The monoisotopic (exact) mass is 672 g/mol. The van der Waals surface area contributed by atoms with E-state index in [9.17, 15) is 27.6 Å². The van der Waals surface area contributed by atoms with Gasteiger partial charge in [-0.1, -0.05) is 104 Å². The number of rotatable bonds is 12. The van der Waals surface area contributed by atoms with E-state index in [-0.39, 0.29) is 36.8 Å². The summed E-state index contributed by atoms with van der Waals surface area (Å²) in [5.74, 6) is -2.92. The van der Waals surface area contributed by atoms with Gasteiger partial charge in [-0.05, 0) is 53.1 Å². The summed E-state index contributed by atoms with van der Waals surface area (Å²) in [7, 11) is 0.936. The van der Waals surface area contributed by atoms with Crippen molar-refractivity contribution in [3.63, 3.8) is 0 Å². The van der Waals surface area contributed by atoms with E-state index in [1.165, 1.54) is 47.9 Å². The smallest absolute Gasteiger partial charge is 0.471 e. The molecule has 0 aliphatic heterocycles. The van der Waals surface area contributed by atoms with Gasteiger partial charge in [0, 0.05) is 18.8 Å². The van der Waals surface area contributed by atoms with E-state index in [1.54, 1.807) is 0 Å². The molecule has 0 saturated heterocycles. The van der Waals surface area contributed by atoms with Gasteiger partial charge in [-0.3, -0.25) is 9.59 Å². The Bertz CT molecular complexity index is 1710. The average molecular weight is 673 g/mol. The highest BCUT2D eigenvalue weighted by molar-refractivity contribution is 5.99. The molecular formula is C39H39F3N2O5. The molecule has 0 aromatic heterocycles. The van der Waals surface area contributed by atoms with Crippen molar-refractivity contribution in [2.75, 3.05) is 18.5 Å². The molecule has 49 heavy (non-hydrogen) atoms. The van der Waals surface area contributed by atoms with Gasteiger partial charge in [0.05, 0.1) is 6.54 Å². The standard InChI is InChI=1S/C39H39F3N2O5/c1-43(38(47)39(40,41)42)25-36(45)44(24-28-17-19-32(20-18-28)31-15-9-4-10-16-31)33-21-22-34(37(46)49-27-30-13-7-3-8-14-30)35(23-33)48-26-29-11-5-2-6-12-29/h2-3,5-8,11-14,17-23,31H,4,9-10,15-16,24-27H2,1H3. The Morgan fingerprint density at radius 1 is 0.755 bits per heavy atom. The highest BCUT2D eigenvalue weighted by atomic mass is 19.4. The van der Waals surface area contributed by atoms with Crippen molar-refractivity contribution in [1.82, 2.24) is 4.90 Å². The summed E-state index contributed by atoms with van der Waals surface area (Å²) in [6.45, 7) is -0.684. The number of ether oxygens (including phenoxy) is 2. The number of carbonyl (C=O) groups excluding carboxylic acids is 3. The molecule has 7 nitrogen and oxygen atoms in total. The Kier molecular flexibility index (Phi) is 11.7. The topological polar surface area (TPSA) is 76.2 Å². The van der Waals surface area contributed by atoms with Crippen LogP contribution in [0.25, 0.3) is 0 Å². The number of likely N-dealkylation sites (N-methyl/N-ethyl adjacent to an activating group) is 1. The lowest BCUT2D eigenvalue weighted by Gasteiger charge is -2.27. The van der Waals surface area contributed by atoms with Gasteiger partial charge in [-0.15, -0.1) is 0 Å². The van der Waals surface area contributed by atoms with Gasteiger partial charge >= 0.3 is 18.1 Å². The number of hydrogen-bond donors (Lipinski definition) is 0. The van der Waals surface area contributed by atoms with E-state index in [4.69, 9.17) is 9.47 Å². The fourth-order valence-electron chi connectivity index (χ4n) is 5.92. The van der Waals surface area contributed by atoms with Gasteiger partial charge in [-0.2, -0.15) is 13.2 Å². The minimum absolute atomic E-state index is 0.00769. The lowest BCUT2D eigenvalue weighted by molar-refractivity contribution is -0.184. The molecule has 0 radical (unpaired) electrons. The Labute approximate surface area is 284 Å². The van der Waals surface area contributed by atoms with Gasteiger partial charge in [0.15, 0.2) is 0 Å². The summed E-state index contributed by atoms with van der Waals surface area (Å²) >= 11 is 0. The molecule has 0 spiro atoms. The lowest BCUT2D eigenvalue weighted by atomic mass is 9.84. The maximum absolute atomic E-state index is 13.7. The lowest BCUT2D eigenvalue weighted by Crippen LogP contribution is -2.45. The van der Waals surface area contributed by atoms with Crippen LogP contribution in [0.5, 0.6) is 5.75 Å². The van der Waals surface area contributed by atoms with E-state index >= 15 is 0 Å². The summed E-state index contributed by atoms with van der Waals surface area (Å²) in [4.78, 5) is 40.6. The third kappa shape index (κ3) is 9.72. The Morgan fingerprint density at radius 3 is 1.98 bits per heavy atom. The molecule has 2 amide bonds. The van der Waals surface area contributed by atoms with Gasteiger partial charge < -0.3 is 19.3 Å². The van der Waals surface area contributed by atoms with E-state index in [0.717, 1.165) is 36.6 Å². The number of nitrogens with zero attached hydrogens (tertiary/aromatic N) is 2. The molecular weight excluding hydrogens is 633 g/mol. The van der Waals surface area contributed by atoms with E-state index in [1.807, 2.05) is 84.9 Å². The minimum Gasteiger partial charge on any atom is -0.488 e. The fourth-order valence-corrected chi connectivity index (χ4v) is 5.92. The van der Waals surface area contributed by atoms with E-state index in [2.05, 4.69) is 0 Å². The molecule has 0 bridgehead atoms. The third-order valence-electron chi connectivity index (χ3n) is 8.61. The Morgan fingerprint density at radius 2 is 1.37 bits per heavy atom. The summed E-state index contributed by atoms with van der Waals surface area (Å²) in [5.41, 5.74) is 3.97. The first-order chi connectivity index (χ1) is 23.6. The Balaban J connectivity index is 1.45. The molecule has 0 N–H and O–H groups in total. The fraction of sp³-hybridized carbons (Fsp3) is 0.308. The van der Waals surface area contributed by atoms with Crippen molar-refractivity contribution in [3.8, 4) is 5.75 Å². The number of esters is 1. The van der Waals surface area contributed by atoms with Crippen LogP contribution >= 0.6 is 0 Å². The number of alkyl halides is 3. The quantitative estimate of drug-likeness (QED) is 0.142. The predicted octanol–water partition coefficient (Wildman–Crippen LogP) is 8.22. The normalized spacial score (nSPS) is 13.4. The number of hydrogen-bond acceptors (Lipinski definition) is 5. The zero-order valence-corrected chi connectivity index (χ0v) is 27.3. The molecule has 1 saturated carbocycles. The average Bonchev–Trinajstić information content (AvgIpc) is 3.12. The second kappa shape index (κ2) is 16.3. The van der Waals surface area contributed by atoms with Crippen LogP contribution in [0.4, 0.5) is 18.9 Å². The van der Waals surface area contributed by atoms with Gasteiger partial charge in [0.2, 0.25) is 5.91 Å². The molecule has 4 aromatic carbocycles. The van der Waals surface area contributed by atoms with Crippen molar-refractivity contribution in [1.29, 1.82) is 0 Å². The van der Waals surface area contributed by atoms with Crippen LogP contribution in [0, 0.1) is 0 Å². The molecule has 5 rings (SSSR count). The van der Waals surface area contributed by atoms with Crippen molar-refractivity contribution in [2.45, 2.75) is 64.0 Å². The maximum Gasteiger partial charge on any atom is 0.471 e. The first-order valence-corrected chi connectivity index (χ1v) is 16.3. The largest absolute Gasteiger partial charge is 0.488 e. The summed E-state index contributed by atoms with van der Waals surface area (Å²) in [5, 5.41) is 0. The molecule has 4 aromatic rings. The number of carbonyl (C=O) groups is 3. The van der Waals surface area contributed by atoms with Crippen LogP contribution in [0.3, 0.4) is 0 Å². The molecule has 0 heterocycles. The molecule has 10 heteroatoms. The number of anilines is 1. The summed E-state index contributed by atoms with van der Waals surface area (Å²) in [6.07, 6.45) is 0.712. The summed E-state index contributed by atoms with van der Waals surface area (Å²) < 4.78 is 51.3. The highest BCUT2D eigenvalue weighted by Crippen LogP contribution is 2.33. The SMILES string of the molecule is CN(CC(=O)N(Cc1ccc(C2CCCCC2)cc1)c1ccc(C(=O)OCc2ccccc2)c(OCc2ccccc2)c1)C(=O)C(F)(F)F. The van der Waals surface area contributed by atoms with Crippen molar-refractivity contribution in [3.05, 3.63) is 131 Å². The van der Waals surface area contributed by atoms with Crippen LogP contribution < -0.4 is 9.64 Å². The van der Waals surface area contributed by atoms with Crippen LogP contribution in [-0.4, -0.2) is 42.5 Å². The first-order valence-electron chi connectivity index (χ1n) is 16.3. The zero-order chi connectivity index (χ0) is 34.8. The van der Waals surface area contributed by atoms with Gasteiger partial charge in [-0.25, -0.2) is 4.79 Å². The van der Waals surface area contributed by atoms with Crippen molar-refractivity contribution < 1.29 is 37.0 Å². The number of halogens is 3. The van der Waals surface area contributed by atoms with E-state index in [0.29, 0.717) is 10.8 Å². The molecule has 1 fully saturated rings. The highest BCUT2D eigenvalue weighted by Gasteiger charge is 2.42. The van der Waals surface area contributed by atoms with Crippen LogP contribution in [0.15, 0.2) is 103 Å². The van der Waals surface area contributed by atoms with Crippen LogP contribution in [0.1, 0.15) is 70.6 Å². The number of amides is 2. The van der Waals surface area contributed by atoms with Crippen LogP contribution in [-0.2, 0) is 34.1 Å². The Hall–Kier alpha value is -5.12. The molecule has 1 aliphatic rings.